The smallest absolute Gasteiger partial charge is 0.324 e. The number of benzene rings is 2. The summed E-state index contributed by atoms with van der Waals surface area (Å²) in [6, 6.07) is 12.6. The van der Waals surface area contributed by atoms with Crippen LogP contribution in [0.25, 0.3) is 0 Å². The zero-order chi connectivity index (χ0) is 22.0. The van der Waals surface area contributed by atoms with Crippen LogP contribution in [0.5, 0.6) is 0 Å². The van der Waals surface area contributed by atoms with Gasteiger partial charge in [0, 0.05) is 12.8 Å². The molecule has 0 aromatic heterocycles. The van der Waals surface area contributed by atoms with Crippen LogP contribution in [0, 0.1) is 37.9 Å². The summed E-state index contributed by atoms with van der Waals surface area (Å²) in [6.45, 7) is 3.72. The first-order chi connectivity index (χ1) is 14.2. The van der Waals surface area contributed by atoms with E-state index in [0.29, 0.717) is 25.7 Å². The number of unbranched alkanes of at least 4 members (excludes halogenated alkanes) is 3. The molecule has 2 aromatic rings. The summed E-state index contributed by atoms with van der Waals surface area (Å²) in [5.41, 5.74) is 1.89. The minimum atomic E-state index is -3.89. The van der Waals surface area contributed by atoms with Crippen LogP contribution < -0.4 is 0 Å². The van der Waals surface area contributed by atoms with Crippen LogP contribution in [0.4, 0.5) is 0 Å². The highest BCUT2D eigenvalue weighted by Crippen LogP contribution is 2.13. The number of hydrogen-bond acceptors (Lipinski definition) is 6. The zero-order valence-corrected chi connectivity index (χ0v) is 18.3. The summed E-state index contributed by atoms with van der Waals surface area (Å²) >= 11 is 0. The molecule has 2 rings (SSSR count). The molecule has 0 N–H and O–H groups in total. The molecule has 0 saturated heterocycles. The second-order valence-corrected chi connectivity index (χ2v) is 9.56. The fraction of sp³-hybridized carbons (Fsp3) is 0.273. The number of rotatable bonds is 7. The lowest BCUT2D eigenvalue weighted by Crippen LogP contribution is -2.02. The Balaban J connectivity index is 1.69. The third kappa shape index (κ3) is 7.47. The van der Waals surface area contributed by atoms with Crippen LogP contribution in [0.1, 0.15) is 36.8 Å². The van der Waals surface area contributed by atoms with Crippen LogP contribution in [-0.2, 0) is 28.6 Å². The predicted molar refractivity (Wildman–Crippen MR) is 113 cm³/mol. The maximum absolute atomic E-state index is 11.9. The molecular formula is C22H22O6S2. The van der Waals surface area contributed by atoms with E-state index in [1.165, 1.54) is 24.3 Å². The Kier molecular flexibility index (Phi) is 8.35. The highest BCUT2D eigenvalue weighted by Gasteiger charge is 2.14. The number of aryl methyl sites for hydroxylation is 2. The maximum atomic E-state index is 11.9. The molecule has 0 unspecified atom stereocenters. The van der Waals surface area contributed by atoms with E-state index >= 15 is 0 Å². The molecule has 0 saturated carbocycles. The highest BCUT2D eigenvalue weighted by molar-refractivity contribution is 7.87. The molecule has 0 atom stereocenters. The first-order valence-electron chi connectivity index (χ1n) is 9.17. The van der Waals surface area contributed by atoms with E-state index in [-0.39, 0.29) is 9.79 Å². The van der Waals surface area contributed by atoms with Crippen molar-refractivity contribution in [2.75, 3.05) is 0 Å². The van der Waals surface area contributed by atoms with E-state index < -0.39 is 20.2 Å². The van der Waals surface area contributed by atoms with E-state index in [1.54, 1.807) is 24.3 Å². The van der Waals surface area contributed by atoms with Gasteiger partial charge in [-0.2, -0.15) is 16.8 Å². The van der Waals surface area contributed by atoms with Gasteiger partial charge in [-0.1, -0.05) is 47.2 Å². The van der Waals surface area contributed by atoms with E-state index in [9.17, 15) is 16.8 Å². The van der Waals surface area contributed by atoms with Crippen LogP contribution in [-0.4, -0.2) is 16.8 Å². The molecule has 0 aliphatic heterocycles. The van der Waals surface area contributed by atoms with Crippen LogP contribution in [0.15, 0.2) is 58.3 Å². The Morgan fingerprint density at radius 1 is 0.633 bits per heavy atom. The molecule has 0 fully saturated rings. The minimum absolute atomic E-state index is 0.0539. The molecule has 0 aliphatic rings. The summed E-state index contributed by atoms with van der Waals surface area (Å²) < 4.78 is 57.1. The van der Waals surface area contributed by atoms with E-state index in [0.717, 1.165) is 11.1 Å². The van der Waals surface area contributed by atoms with Gasteiger partial charge in [0.1, 0.15) is 22.0 Å². The van der Waals surface area contributed by atoms with Crippen molar-refractivity contribution in [1.29, 1.82) is 0 Å². The van der Waals surface area contributed by atoms with Crippen molar-refractivity contribution in [2.24, 2.45) is 0 Å². The molecule has 8 heteroatoms. The van der Waals surface area contributed by atoms with Gasteiger partial charge in [0.2, 0.25) is 0 Å². The fourth-order valence-electron chi connectivity index (χ4n) is 2.20. The van der Waals surface area contributed by atoms with Gasteiger partial charge in [-0.05, 0) is 51.0 Å². The first-order valence-corrected chi connectivity index (χ1v) is 12.0. The van der Waals surface area contributed by atoms with E-state index in [1.807, 2.05) is 13.8 Å². The second-order valence-electron chi connectivity index (χ2n) is 6.47. The summed E-state index contributed by atoms with van der Waals surface area (Å²) in [7, 11) is -7.78. The van der Waals surface area contributed by atoms with Crippen LogP contribution >= 0.6 is 0 Å². The lowest BCUT2D eigenvalue weighted by molar-refractivity contribution is 0.463. The lowest BCUT2D eigenvalue weighted by Gasteiger charge is -2.00. The quantitative estimate of drug-likeness (QED) is 0.364. The Hall–Kier alpha value is -2.94. The first kappa shape index (κ1) is 23.3. The largest absolute Gasteiger partial charge is 0.347 e. The molecule has 2 aromatic carbocycles. The molecule has 158 valence electrons. The van der Waals surface area contributed by atoms with Gasteiger partial charge in [-0.25, -0.2) is 0 Å². The molecule has 0 radical (unpaired) electrons. The van der Waals surface area contributed by atoms with Crippen LogP contribution in [0.2, 0.25) is 0 Å². The normalized spacial score (nSPS) is 10.9. The van der Waals surface area contributed by atoms with Crippen molar-refractivity contribution < 1.29 is 25.2 Å². The zero-order valence-electron chi connectivity index (χ0n) is 16.7. The van der Waals surface area contributed by atoms with E-state index in [2.05, 4.69) is 32.4 Å². The van der Waals surface area contributed by atoms with Gasteiger partial charge in [0.25, 0.3) is 0 Å². The van der Waals surface area contributed by atoms with Crippen molar-refractivity contribution >= 4 is 20.2 Å². The third-order valence-electron chi connectivity index (χ3n) is 3.92. The maximum Gasteiger partial charge on any atom is 0.347 e. The van der Waals surface area contributed by atoms with Crippen molar-refractivity contribution in [3.8, 4) is 24.1 Å². The lowest BCUT2D eigenvalue weighted by atomic mass is 10.2. The summed E-state index contributed by atoms with van der Waals surface area (Å²) in [4.78, 5) is 0.108. The Bertz CT molecular complexity index is 1080. The molecule has 0 amide bonds. The fourth-order valence-corrected chi connectivity index (χ4v) is 3.67. The number of hydrogen-bond donors (Lipinski definition) is 0. The second kappa shape index (κ2) is 10.7. The van der Waals surface area contributed by atoms with Gasteiger partial charge in [0.05, 0.1) is 0 Å². The van der Waals surface area contributed by atoms with Gasteiger partial charge >= 0.3 is 20.2 Å². The molecule has 30 heavy (non-hydrogen) atoms. The molecule has 0 spiro atoms. The standard InChI is InChI=1S/C22H22O6S2/c1-19-9-13-21(14-10-19)29(23,24)27-17-7-5-3-4-6-8-18-28-30(25,26)22-15-11-20(2)12-16-22/h9-16H,3-6H2,1-2H3. The van der Waals surface area contributed by atoms with Crippen molar-refractivity contribution in [3.63, 3.8) is 0 Å². The monoisotopic (exact) mass is 446 g/mol. The van der Waals surface area contributed by atoms with Crippen molar-refractivity contribution in [1.82, 2.24) is 0 Å². The SMILES string of the molecule is Cc1ccc(S(=O)(=O)OC#CCCCCC#COS(=O)(=O)c2ccc(C)cc2)cc1. The van der Waals surface area contributed by atoms with Gasteiger partial charge in [0.15, 0.2) is 0 Å². The highest BCUT2D eigenvalue weighted by atomic mass is 32.2. The molecule has 0 aliphatic carbocycles. The van der Waals surface area contributed by atoms with Gasteiger partial charge < -0.3 is 8.37 Å². The third-order valence-corrected chi connectivity index (χ3v) is 6.22. The van der Waals surface area contributed by atoms with Crippen LogP contribution in [0.3, 0.4) is 0 Å². The van der Waals surface area contributed by atoms with Gasteiger partial charge in [-0.15, -0.1) is 0 Å². The topological polar surface area (TPSA) is 86.7 Å². The average molecular weight is 447 g/mol. The molecule has 0 bridgehead atoms. The van der Waals surface area contributed by atoms with Crippen molar-refractivity contribution in [3.05, 3.63) is 59.7 Å². The van der Waals surface area contributed by atoms with Gasteiger partial charge in [-0.3, -0.25) is 0 Å². The molecule has 6 nitrogen and oxygen atoms in total. The summed E-state index contributed by atoms with van der Waals surface area (Å²) in [5.74, 6) is 5.27. The Morgan fingerprint density at radius 3 is 1.30 bits per heavy atom. The van der Waals surface area contributed by atoms with E-state index in [4.69, 9.17) is 0 Å². The Morgan fingerprint density at radius 2 is 0.967 bits per heavy atom. The molecular weight excluding hydrogens is 424 g/mol. The average Bonchev–Trinajstić information content (AvgIpc) is 2.70. The minimum Gasteiger partial charge on any atom is -0.324 e. The molecule has 0 heterocycles. The predicted octanol–water partition coefficient (Wildman–Crippen LogP) is 3.90. The summed E-state index contributed by atoms with van der Waals surface area (Å²) in [6.07, 6.45) is 6.56. The summed E-state index contributed by atoms with van der Waals surface area (Å²) in [5, 5.41) is 0. The Labute approximate surface area is 178 Å². The van der Waals surface area contributed by atoms with Crippen molar-refractivity contribution in [2.45, 2.75) is 49.3 Å².